The SMILES string of the molecule is CC(CN)CC(=O)c1ccc2c(c1)NC(=O)CO2. The lowest BCUT2D eigenvalue weighted by molar-refractivity contribution is -0.118. The molecule has 0 spiro atoms. The second-order valence-corrected chi connectivity index (χ2v) is 4.52. The fourth-order valence-electron chi connectivity index (χ4n) is 1.77. The van der Waals surface area contributed by atoms with E-state index in [0.717, 1.165) is 0 Å². The minimum Gasteiger partial charge on any atom is -0.482 e. The van der Waals surface area contributed by atoms with Gasteiger partial charge in [-0.3, -0.25) is 9.59 Å². The summed E-state index contributed by atoms with van der Waals surface area (Å²) in [6.45, 7) is 2.43. The molecule has 1 aromatic carbocycles. The van der Waals surface area contributed by atoms with Crippen molar-refractivity contribution in [1.82, 2.24) is 0 Å². The van der Waals surface area contributed by atoms with Crippen molar-refractivity contribution < 1.29 is 14.3 Å². The molecule has 0 bridgehead atoms. The largest absolute Gasteiger partial charge is 0.482 e. The molecule has 0 saturated carbocycles. The third-order valence-electron chi connectivity index (χ3n) is 2.87. The van der Waals surface area contributed by atoms with Crippen LogP contribution in [0.5, 0.6) is 5.75 Å². The van der Waals surface area contributed by atoms with E-state index in [1.807, 2.05) is 6.92 Å². The summed E-state index contributed by atoms with van der Waals surface area (Å²) in [7, 11) is 0. The molecule has 96 valence electrons. The molecule has 1 atom stereocenters. The van der Waals surface area contributed by atoms with Gasteiger partial charge in [0.15, 0.2) is 12.4 Å². The van der Waals surface area contributed by atoms with Crippen LogP contribution in [0, 0.1) is 5.92 Å². The zero-order valence-corrected chi connectivity index (χ0v) is 10.2. The van der Waals surface area contributed by atoms with Crippen LogP contribution >= 0.6 is 0 Å². The predicted molar refractivity (Wildman–Crippen MR) is 67.7 cm³/mol. The van der Waals surface area contributed by atoms with Gasteiger partial charge >= 0.3 is 0 Å². The zero-order valence-electron chi connectivity index (χ0n) is 10.2. The van der Waals surface area contributed by atoms with Crippen LogP contribution in [0.1, 0.15) is 23.7 Å². The van der Waals surface area contributed by atoms with Crippen molar-refractivity contribution in [2.45, 2.75) is 13.3 Å². The van der Waals surface area contributed by atoms with E-state index in [0.29, 0.717) is 30.0 Å². The van der Waals surface area contributed by atoms with E-state index in [4.69, 9.17) is 10.5 Å². The zero-order chi connectivity index (χ0) is 13.1. The van der Waals surface area contributed by atoms with Crippen LogP contribution in [0.25, 0.3) is 0 Å². The molecule has 1 unspecified atom stereocenters. The van der Waals surface area contributed by atoms with Crippen molar-refractivity contribution >= 4 is 17.4 Å². The lowest BCUT2D eigenvalue weighted by Gasteiger charge is -2.18. The number of hydrogen-bond acceptors (Lipinski definition) is 4. The summed E-state index contributed by atoms with van der Waals surface area (Å²) in [6.07, 6.45) is 0.407. The number of nitrogens with two attached hydrogens (primary N) is 1. The highest BCUT2D eigenvalue weighted by Crippen LogP contribution is 2.29. The van der Waals surface area contributed by atoms with Crippen LogP contribution in [0.3, 0.4) is 0 Å². The minimum absolute atomic E-state index is 0.0184. The molecule has 0 aliphatic carbocycles. The molecular weight excluding hydrogens is 232 g/mol. The second kappa shape index (κ2) is 5.18. The van der Waals surface area contributed by atoms with Crippen molar-refractivity contribution in [3.8, 4) is 5.75 Å². The number of benzene rings is 1. The summed E-state index contributed by atoms with van der Waals surface area (Å²) < 4.78 is 5.23. The Morgan fingerprint density at radius 3 is 3.06 bits per heavy atom. The number of hydrogen-bond donors (Lipinski definition) is 2. The fourth-order valence-corrected chi connectivity index (χ4v) is 1.77. The van der Waals surface area contributed by atoms with E-state index in [2.05, 4.69) is 5.32 Å². The van der Waals surface area contributed by atoms with Crippen molar-refractivity contribution in [3.63, 3.8) is 0 Å². The summed E-state index contributed by atoms with van der Waals surface area (Å²) in [5.74, 6) is 0.565. The Morgan fingerprint density at radius 1 is 1.56 bits per heavy atom. The average molecular weight is 248 g/mol. The van der Waals surface area contributed by atoms with Crippen molar-refractivity contribution in [1.29, 1.82) is 0 Å². The van der Waals surface area contributed by atoms with Crippen molar-refractivity contribution in [2.24, 2.45) is 11.7 Å². The number of rotatable bonds is 4. The van der Waals surface area contributed by atoms with E-state index < -0.39 is 0 Å². The van der Waals surface area contributed by atoms with Gasteiger partial charge in [-0.05, 0) is 30.7 Å². The molecule has 1 aliphatic heterocycles. The van der Waals surface area contributed by atoms with Gasteiger partial charge in [0, 0.05) is 12.0 Å². The quantitative estimate of drug-likeness (QED) is 0.784. The van der Waals surface area contributed by atoms with Gasteiger partial charge in [-0.15, -0.1) is 0 Å². The summed E-state index contributed by atoms with van der Waals surface area (Å²) >= 11 is 0. The van der Waals surface area contributed by atoms with Crippen LogP contribution in [0.2, 0.25) is 0 Å². The van der Waals surface area contributed by atoms with Gasteiger partial charge in [-0.25, -0.2) is 0 Å². The lowest BCUT2D eigenvalue weighted by Crippen LogP contribution is -2.25. The Balaban J connectivity index is 2.17. The molecule has 0 radical (unpaired) electrons. The molecule has 1 aromatic rings. The number of amides is 1. The number of fused-ring (bicyclic) bond motifs is 1. The standard InChI is InChI=1S/C13H16N2O3/c1-8(6-14)4-11(16)9-2-3-12-10(5-9)15-13(17)7-18-12/h2-3,5,8H,4,6-7,14H2,1H3,(H,15,17). The number of ether oxygens (including phenoxy) is 1. The fraction of sp³-hybridized carbons (Fsp3) is 0.385. The highest BCUT2D eigenvalue weighted by molar-refractivity contribution is 6.00. The van der Waals surface area contributed by atoms with Crippen LogP contribution in [-0.2, 0) is 4.79 Å². The van der Waals surface area contributed by atoms with Crippen LogP contribution in [0.15, 0.2) is 18.2 Å². The molecule has 1 aliphatic rings. The summed E-state index contributed by atoms with van der Waals surface area (Å²) in [5.41, 5.74) is 6.62. The van der Waals surface area contributed by atoms with Gasteiger partial charge in [-0.1, -0.05) is 6.92 Å². The third-order valence-corrected chi connectivity index (χ3v) is 2.87. The number of carbonyl (C=O) groups is 2. The molecule has 5 heteroatoms. The van der Waals surface area contributed by atoms with Gasteiger partial charge in [0.25, 0.3) is 5.91 Å². The number of ketones is 1. The lowest BCUT2D eigenvalue weighted by atomic mass is 9.99. The maximum Gasteiger partial charge on any atom is 0.262 e. The Kier molecular flexibility index (Phi) is 3.62. The molecule has 1 amide bonds. The summed E-state index contributed by atoms with van der Waals surface area (Å²) in [6, 6.07) is 5.06. The molecule has 1 heterocycles. The van der Waals surface area contributed by atoms with E-state index in [-0.39, 0.29) is 24.2 Å². The van der Waals surface area contributed by atoms with E-state index >= 15 is 0 Å². The Morgan fingerprint density at radius 2 is 2.33 bits per heavy atom. The number of anilines is 1. The van der Waals surface area contributed by atoms with E-state index in [1.54, 1.807) is 18.2 Å². The van der Waals surface area contributed by atoms with Crippen LogP contribution in [0.4, 0.5) is 5.69 Å². The third kappa shape index (κ3) is 2.68. The number of carbonyl (C=O) groups excluding carboxylic acids is 2. The second-order valence-electron chi connectivity index (χ2n) is 4.52. The highest BCUT2D eigenvalue weighted by atomic mass is 16.5. The summed E-state index contributed by atoms with van der Waals surface area (Å²) in [5, 5.41) is 2.68. The smallest absolute Gasteiger partial charge is 0.262 e. The molecule has 5 nitrogen and oxygen atoms in total. The first-order chi connectivity index (χ1) is 8.60. The van der Waals surface area contributed by atoms with Gasteiger partial charge in [0.1, 0.15) is 5.75 Å². The first-order valence-corrected chi connectivity index (χ1v) is 5.90. The van der Waals surface area contributed by atoms with Crippen molar-refractivity contribution in [2.75, 3.05) is 18.5 Å². The monoisotopic (exact) mass is 248 g/mol. The van der Waals surface area contributed by atoms with Gasteiger partial charge in [0.05, 0.1) is 5.69 Å². The topological polar surface area (TPSA) is 81.4 Å². The first-order valence-electron chi connectivity index (χ1n) is 5.90. The predicted octanol–water partition coefficient (Wildman–Crippen LogP) is 1.19. The summed E-state index contributed by atoms with van der Waals surface area (Å²) in [4.78, 5) is 23.2. The molecule has 2 rings (SSSR count). The van der Waals surface area contributed by atoms with Gasteiger partial charge in [0.2, 0.25) is 0 Å². The van der Waals surface area contributed by atoms with Crippen LogP contribution in [-0.4, -0.2) is 24.8 Å². The van der Waals surface area contributed by atoms with E-state index in [9.17, 15) is 9.59 Å². The molecule has 18 heavy (non-hydrogen) atoms. The van der Waals surface area contributed by atoms with Gasteiger partial charge < -0.3 is 15.8 Å². The maximum atomic E-state index is 12.0. The highest BCUT2D eigenvalue weighted by Gasteiger charge is 2.18. The molecule has 0 saturated heterocycles. The number of Topliss-reactive ketones (excluding diaryl/α,β-unsaturated/α-hetero) is 1. The Bertz CT molecular complexity index is 485. The molecular formula is C13H16N2O3. The minimum atomic E-state index is -0.206. The average Bonchev–Trinajstić information content (AvgIpc) is 2.37. The molecule has 0 fully saturated rings. The first kappa shape index (κ1) is 12.6. The maximum absolute atomic E-state index is 12.0. The Labute approximate surface area is 105 Å². The van der Waals surface area contributed by atoms with Crippen molar-refractivity contribution in [3.05, 3.63) is 23.8 Å². The van der Waals surface area contributed by atoms with E-state index in [1.165, 1.54) is 0 Å². The Hall–Kier alpha value is -1.88. The molecule has 0 aromatic heterocycles. The van der Waals surface area contributed by atoms with Gasteiger partial charge in [-0.2, -0.15) is 0 Å². The normalized spacial score (nSPS) is 15.3. The van der Waals surface area contributed by atoms with Crippen LogP contribution < -0.4 is 15.8 Å². The number of nitrogens with one attached hydrogen (secondary N) is 1. The molecule has 3 N–H and O–H groups in total.